The van der Waals surface area contributed by atoms with Crippen molar-refractivity contribution < 1.29 is 4.79 Å². The number of rotatable bonds is 6. The maximum Gasteiger partial charge on any atom is 0.223 e. The van der Waals surface area contributed by atoms with Gasteiger partial charge in [-0.15, -0.1) is 0 Å². The fraction of sp³-hybridized carbons (Fsp3) is 0.364. The van der Waals surface area contributed by atoms with Crippen molar-refractivity contribution in [2.75, 3.05) is 20.1 Å². The second-order valence-electron chi connectivity index (χ2n) is 7.13. The standard InChI is InChI=1S/C22H26N4O/c1-23-16-18-10-7-15-25(18)22(27)14-13-21-24-19-11-5-6-12-20(19)26(21)17-8-3-2-4-9-17/h2-6,8-9,11-12,18,23H,7,10,13-16H2,1H3. The third-order valence-corrected chi connectivity index (χ3v) is 5.34. The first kappa shape index (κ1) is 17.7. The van der Waals surface area contributed by atoms with Crippen LogP contribution < -0.4 is 5.32 Å². The number of nitrogens with one attached hydrogen (secondary N) is 1. The molecule has 1 aliphatic heterocycles. The van der Waals surface area contributed by atoms with Crippen molar-refractivity contribution in [2.24, 2.45) is 0 Å². The van der Waals surface area contributed by atoms with Gasteiger partial charge in [0.2, 0.25) is 5.91 Å². The Hall–Kier alpha value is -2.66. The van der Waals surface area contributed by atoms with Gasteiger partial charge in [-0.25, -0.2) is 4.98 Å². The van der Waals surface area contributed by atoms with Crippen LogP contribution in [0.2, 0.25) is 0 Å². The molecule has 1 atom stereocenters. The largest absolute Gasteiger partial charge is 0.338 e. The van der Waals surface area contributed by atoms with Gasteiger partial charge >= 0.3 is 0 Å². The summed E-state index contributed by atoms with van der Waals surface area (Å²) in [4.78, 5) is 19.7. The fourth-order valence-electron chi connectivity index (χ4n) is 4.08. The molecule has 2 aromatic carbocycles. The Morgan fingerprint density at radius 1 is 1.15 bits per heavy atom. The molecule has 1 saturated heterocycles. The summed E-state index contributed by atoms with van der Waals surface area (Å²) in [6, 6.07) is 18.7. The lowest BCUT2D eigenvalue weighted by atomic mass is 10.2. The van der Waals surface area contributed by atoms with Crippen molar-refractivity contribution in [3.8, 4) is 5.69 Å². The van der Waals surface area contributed by atoms with Gasteiger partial charge in [0, 0.05) is 37.7 Å². The number of benzene rings is 2. The summed E-state index contributed by atoms with van der Waals surface area (Å²) in [6.45, 7) is 1.74. The number of fused-ring (bicyclic) bond motifs is 1. The molecule has 1 unspecified atom stereocenters. The molecule has 1 amide bonds. The van der Waals surface area contributed by atoms with Crippen LogP contribution in [0.4, 0.5) is 0 Å². The molecule has 1 aliphatic rings. The molecule has 5 nitrogen and oxygen atoms in total. The molecular weight excluding hydrogens is 336 g/mol. The van der Waals surface area contributed by atoms with Crippen molar-refractivity contribution in [2.45, 2.75) is 31.7 Å². The number of likely N-dealkylation sites (tertiary alicyclic amines) is 1. The van der Waals surface area contributed by atoms with Gasteiger partial charge in [0.1, 0.15) is 5.82 Å². The normalized spacial score (nSPS) is 16.9. The third-order valence-electron chi connectivity index (χ3n) is 5.34. The smallest absolute Gasteiger partial charge is 0.223 e. The van der Waals surface area contributed by atoms with Crippen LogP contribution in [-0.4, -0.2) is 46.5 Å². The molecule has 2 heterocycles. The lowest BCUT2D eigenvalue weighted by molar-refractivity contribution is -0.131. The fourth-order valence-corrected chi connectivity index (χ4v) is 4.08. The molecule has 0 saturated carbocycles. The number of hydrogen-bond donors (Lipinski definition) is 1. The zero-order valence-corrected chi connectivity index (χ0v) is 15.8. The Morgan fingerprint density at radius 3 is 2.74 bits per heavy atom. The van der Waals surface area contributed by atoms with E-state index in [-0.39, 0.29) is 5.91 Å². The van der Waals surface area contributed by atoms with Crippen molar-refractivity contribution in [1.29, 1.82) is 0 Å². The summed E-state index contributed by atoms with van der Waals surface area (Å²) in [6.07, 6.45) is 3.33. The summed E-state index contributed by atoms with van der Waals surface area (Å²) in [5.41, 5.74) is 3.14. The maximum atomic E-state index is 12.8. The van der Waals surface area contributed by atoms with Crippen LogP contribution in [0.5, 0.6) is 0 Å². The number of nitrogens with zero attached hydrogens (tertiary/aromatic N) is 3. The minimum absolute atomic E-state index is 0.236. The number of amides is 1. The van der Waals surface area contributed by atoms with Crippen LogP contribution in [0.1, 0.15) is 25.1 Å². The average Bonchev–Trinajstić information content (AvgIpc) is 3.31. The van der Waals surface area contributed by atoms with Gasteiger partial charge in [-0.1, -0.05) is 30.3 Å². The number of carbonyl (C=O) groups excluding carboxylic acids is 1. The van der Waals surface area contributed by atoms with Crippen LogP contribution in [0.3, 0.4) is 0 Å². The van der Waals surface area contributed by atoms with E-state index >= 15 is 0 Å². The molecule has 0 aliphatic carbocycles. The van der Waals surface area contributed by atoms with Crippen LogP contribution >= 0.6 is 0 Å². The zero-order valence-electron chi connectivity index (χ0n) is 15.8. The Morgan fingerprint density at radius 2 is 1.93 bits per heavy atom. The number of likely N-dealkylation sites (N-methyl/N-ethyl adjacent to an activating group) is 1. The third kappa shape index (κ3) is 3.60. The Bertz CT molecular complexity index is 918. The number of carbonyl (C=O) groups is 1. The van der Waals surface area contributed by atoms with E-state index in [0.29, 0.717) is 18.9 Å². The molecule has 1 N–H and O–H groups in total. The van der Waals surface area contributed by atoms with E-state index in [9.17, 15) is 4.79 Å². The SMILES string of the molecule is CNCC1CCCN1C(=O)CCc1nc2ccccc2n1-c1ccccc1. The van der Waals surface area contributed by atoms with Gasteiger partial charge in [0.15, 0.2) is 0 Å². The topological polar surface area (TPSA) is 50.2 Å². The minimum Gasteiger partial charge on any atom is -0.338 e. The number of imidazole rings is 1. The van der Waals surface area contributed by atoms with Crippen LogP contribution in [0, 0.1) is 0 Å². The molecule has 140 valence electrons. The highest BCUT2D eigenvalue weighted by Gasteiger charge is 2.28. The van der Waals surface area contributed by atoms with Crippen molar-refractivity contribution in [1.82, 2.24) is 19.8 Å². The summed E-state index contributed by atoms with van der Waals surface area (Å²) >= 11 is 0. The minimum atomic E-state index is 0.236. The number of hydrogen-bond acceptors (Lipinski definition) is 3. The molecule has 0 radical (unpaired) electrons. The molecule has 5 heteroatoms. The monoisotopic (exact) mass is 362 g/mol. The molecule has 3 aromatic rings. The number of aromatic nitrogens is 2. The van der Waals surface area contributed by atoms with Gasteiger partial charge in [-0.05, 0) is 44.2 Å². The molecule has 0 spiro atoms. The highest BCUT2D eigenvalue weighted by atomic mass is 16.2. The molecule has 1 fully saturated rings. The zero-order chi connectivity index (χ0) is 18.6. The Labute approximate surface area is 160 Å². The Kier molecular flexibility index (Phi) is 5.21. The van der Waals surface area contributed by atoms with E-state index in [1.165, 1.54) is 0 Å². The summed E-state index contributed by atoms with van der Waals surface area (Å²) < 4.78 is 2.18. The molecule has 0 bridgehead atoms. The Balaban J connectivity index is 1.58. The van der Waals surface area contributed by atoms with Crippen molar-refractivity contribution >= 4 is 16.9 Å². The average molecular weight is 362 g/mol. The van der Waals surface area contributed by atoms with Gasteiger partial charge in [-0.3, -0.25) is 9.36 Å². The molecule has 1 aromatic heterocycles. The predicted molar refractivity (Wildman–Crippen MR) is 108 cm³/mol. The van der Waals surface area contributed by atoms with Crippen molar-refractivity contribution in [3.63, 3.8) is 0 Å². The summed E-state index contributed by atoms with van der Waals surface area (Å²) in [7, 11) is 1.95. The first-order chi connectivity index (χ1) is 13.3. The number of aryl methyl sites for hydroxylation is 1. The van der Waals surface area contributed by atoms with E-state index < -0.39 is 0 Å². The summed E-state index contributed by atoms with van der Waals surface area (Å²) in [5.74, 6) is 1.18. The van der Waals surface area contributed by atoms with E-state index in [1.807, 2.05) is 48.3 Å². The van der Waals surface area contributed by atoms with Crippen molar-refractivity contribution in [3.05, 3.63) is 60.4 Å². The number of para-hydroxylation sites is 3. The van der Waals surface area contributed by atoms with Crippen LogP contribution in [0.25, 0.3) is 16.7 Å². The second-order valence-corrected chi connectivity index (χ2v) is 7.13. The quantitative estimate of drug-likeness (QED) is 0.733. The highest BCUT2D eigenvalue weighted by molar-refractivity contribution is 5.79. The highest BCUT2D eigenvalue weighted by Crippen LogP contribution is 2.23. The van der Waals surface area contributed by atoms with E-state index in [4.69, 9.17) is 4.98 Å². The first-order valence-electron chi connectivity index (χ1n) is 9.74. The first-order valence-corrected chi connectivity index (χ1v) is 9.74. The molecule has 27 heavy (non-hydrogen) atoms. The molecule has 4 rings (SSSR count). The lowest BCUT2D eigenvalue weighted by Crippen LogP contribution is -2.40. The van der Waals surface area contributed by atoms with Gasteiger partial charge < -0.3 is 10.2 Å². The molecular formula is C22H26N4O. The van der Waals surface area contributed by atoms with Gasteiger partial charge in [0.05, 0.1) is 11.0 Å². The predicted octanol–water partition coefficient (Wildman–Crippen LogP) is 3.17. The lowest BCUT2D eigenvalue weighted by Gasteiger charge is -2.24. The van der Waals surface area contributed by atoms with Gasteiger partial charge in [-0.2, -0.15) is 0 Å². The van der Waals surface area contributed by atoms with Gasteiger partial charge in [0.25, 0.3) is 0 Å². The van der Waals surface area contributed by atoms with E-state index in [0.717, 1.165) is 48.5 Å². The van der Waals surface area contributed by atoms with E-state index in [2.05, 4.69) is 28.1 Å². The van der Waals surface area contributed by atoms with Crippen LogP contribution in [0.15, 0.2) is 54.6 Å². The van der Waals surface area contributed by atoms with E-state index in [1.54, 1.807) is 0 Å². The second kappa shape index (κ2) is 7.92. The summed E-state index contributed by atoms with van der Waals surface area (Å²) in [5, 5.41) is 3.21. The maximum absolute atomic E-state index is 12.8. The van der Waals surface area contributed by atoms with Crippen LogP contribution in [-0.2, 0) is 11.2 Å².